The van der Waals surface area contributed by atoms with Gasteiger partial charge in [-0.3, -0.25) is 4.79 Å². The first-order valence-corrected chi connectivity index (χ1v) is 8.70. The number of carbonyl (C=O) groups excluding carboxylic acids is 1. The number of aromatic hydroxyl groups is 2. The Morgan fingerprint density at radius 2 is 1.88 bits per heavy atom. The maximum atomic E-state index is 12.9. The minimum atomic E-state index is -0.448. The molecule has 0 radical (unpaired) electrons. The van der Waals surface area contributed by atoms with Gasteiger partial charge < -0.3 is 14.9 Å². The summed E-state index contributed by atoms with van der Waals surface area (Å²) < 4.78 is 5.66. The molecule has 0 aromatic heterocycles. The van der Waals surface area contributed by atoms with Crippen molar-refractivity contribution in [3.63, 3.8) is 0 Å². The molecule has 2 unspecified atom stereocenters. The molecule has 0 amide bonds. The largest absolute Gasteiger partial charge is 0.507 e. The van der Waals surface area contributed by atoms with Crippen LogP contribution in [0.15, 0.2) is 11.6 Å². The molecule has 1 saturated carbocycles. The minimum absolute atomic E-state index is 0.00676. The summed E-state index contributed by atoms with van der Waals surface area (Å²) in [5, 5.41) is 21.8. The van der Waals surface area contributed by atoms with Crippen LogP contribution in [0.4, 0.5) is 0 Å². The Balaban J connectivity index is 2.07. The number of rotatable bonds is 0. The second kappa shape index (κ2) is 4.56. The van der Waals surface area contributed by atoms with Gasteiger partial charge in [0.1, 0.15) is 5.75 Å². The van der Waals surface area contributed by atoms with E-state index in [2.05, 4.69) is 20.8 Å². The molecular formula is C20H24O4. The van der Waals surface area contributed by atoms with Crippen LogP contribution in [0.3, 0.4) is 0 Å². The Morgan fingerprint density at radius 1 is 1.17 bits per heavy atom. The SMILES string of the molecule is CC1COc2c(O)c3c(c(O)c21)C(=O)C=C1C(C)(C)CCCC13C. The highest BCUT2D eigenvalue weighted by atomic mass is 16.5. The molecule has 0 saturated heterocycles. The normalized spacial score (nSPS) is 30.1. The Kier molecular flexibility index (Phi) is 2.95. The van der Waals surface area contributed by atoms with Crippen molar-refractivity contribution >= 4 is 5.78 Å². The second-order valence-electron chi connectivity index (χ2n) is 8.39. The fourth-order valence-electron chi connectivity index (χ4n) is 5.11. The van der Waals surface area contributed by atoms with E-state index in [0.717, 1.165) is 24.8 Å². The van der Waals surface area contributed by atoms with Gasteiger partial charge in [0.2, 0.25) is 0 Å². The summed E-state index contributed by atoms with van der Waals surface area (Å²) in [5.74, 6) is 0.151. The van der Waals surface area contributed by atoms with Crippen molar-refractivity contribution in [3.05, 3.63) is 28.3 Å². The van der Waals surface area contributed by atoms with Gasteiger partial charge in [0.15, 0.2) is 17.3 Å². The fourth-order valence-corrected chi connectivity index (χ4v) is 5.11. The van der Waals surface area contributed by atoms with Crippen LogP contribution >= 0.6 is 0 Å². The van der Waals surface area contributed by atoms with Crippen LogP contribution in [0.5, 0.6) is 17.2 Å². The van der Waals surface area contributed by atoms with E-state index in [1.165, 1.54) is 0 Å². The van der Waals surface area contributed by atoms with Gasteiger partial charge in [-0.05, 0) is 24.3 Å². The molecule has 3 aliphatic rings. The Labute approximate surface area is 142 Å². The fraction of sp³-hybridized carbons (Fsp3) is 0.550. The molecule has 24 heavy (non-hydrogen) atoms. The van der Waals surface area contributed by atoms with Crippen LogP contribution in [0.1, 0.15) is 74.4 Å². The lowest BCUT2D eigenvalue weighted by Crippen LogP contribution is -2.41. The molecule has 4 nitrogen and oxygen atoms in total. The van der Waals surface area contributed by atoms with Gasteiger partial charge in [-0.2, -0.15) is 0 Å². The molecule has 2 aliphatic carbocycles. The Morgan fingerprint density at radius 3 is 2.58 bits per heavy atom. The summed E-state index contributed by atoms with van der Waals surface area (Å²) in [6.45, 7) is 8.72. The van der Waals surface area contributed by atoms with Crippen molar-refractivity contribution in [1.29, 1.82) is 0 Å². The van der Waals surface area contributed by atoms with E-state index >= 15 is 0 Å². The third-order valence-corrected chi connectivity index (χ3v) is 6.28. The van der Waals surface area contributed by atoms with Crippen LogP contribution in [-0.4, -0.2) is 22.6 Å². The minimum Gasteiger partial charge on any atom is -0.507 e. The molecule has 4 rings (SSSR count). The van der Waals surface area contributed by atoms with E-state index in [0.29, 0.717) is 23.5 Å². The van der Waals surface area contributed by atoms with Gasteiger partial charge in [-0.1, -0.05) is 39.7 Å². The highest BCUT2D eigenvalue weighted by Crippen LogP contribution is 2.61. The van der Waals surface area contributed by atoms with Gasteiger partial charge in [0, 0.05) is 22.5 Å². The topological polar surface area (TPSA) is 66.8 Å². The van der Waals surface area contributed by atoms with Gasteiger partial charge >= 0.3 is 0 Å². The van der Waals surface area contributed by atoms with E-state index < -0.39 is 5.41 Å². The zero-order valence-corrected chi connectivity index (χ0v) is 14.7. The molecule has 1 fully saturated rings. The van der Waals surface area contributed by atoms with E-state index in [9.17, 15) is 15.0 Å². The molecule has 0 bridgehead atoms. The van der Waals surface area contributed by atoms with Gasteiger partial charge in [-0.25, -0.2) is 0 Å². The first-order chi connectivity index (χ1) is 11.2. The average Bonchev–Trinajstić information content (AvgIpc) is 2.88. The number of carbonyl (C=O) groups is 1. The predicted molar refractivity (Wildman–Crippen MR) is 91.1 cm³/mol. The highest BCUT2D eigenvalue weighted by Gasteiger charge is 2.50. The molecule has 1 aromatic carbocycles. The highest BCUT2D eigenvalue weighted by molar-refractivity contribution is 6.11. The van der Waals surface area contributed by atoms with E-state index in [1.54, 1.807) is 6.08 Å². The van der Waals surface area contributed by atoms with Gasteiger partial charge in [-0.15, -0.1) is 0 Å². The Bertz CT molecular complexity index is 803. The molecule has 2 atom stereocenters. The maximum Gasteiger partial charge on any atom is 0.190 e. The third-order valence-electron chi connectivity index (χ3n) is 6.28. The summed E-state index contributed by atoms with van der Waals surface area (Å²) in [6.07, 6.45) is 4.59. The van der Waals surface area contributed by atoms with Crippen molar-refractivity contribution in [2.75, 3.05) is 6.61 Å². The molecule has 128 valence electrons. The summed E-state index contributed by atoms with van der Waals surface area (Å²) in [7, 11) is 0. The number of hydrogen-bond donors (Lipinski definition) is 2. The number of phenols is 2. The van der Waals surface area contributed by atoms with Crippen LogP contribution in [-0.2, 0) is 5.41 Å². The van der Waals surface area contributed by atoms with Crippen LogP contribution < -0.4 is 4.74 Å². The van der Waals surface area contributed by atoms with Crippen LogP contribution in [0.2, 0.25) is 0 Å². The second-order valence-corrected chi connectivity index (χ2v) is 8.39. The lowest BCUT2D eigenvalue weighted by molar-refractivity contribution is 0.102. The predicted octanol–water partition coefficient (Wildman–Crippen LogP) is 4.18. The number of allylic oxidation sites excluding steroid dienone is 2. The number of ether oxygens (including phenoxy) is 1. The lowest BCUT2D eigenvalue weighted by atomic mass is 9.55. The monoisotopic (exact) mass is 328 g/mol. The first kappa shape index (κ1) is 15.6. The summed E-state index contributed by atoms with van der Waals surface area (Å²) >= 11 is 0. The molecular weight excluding hydrogens is 304 g/mol. The number of hydrogen-bond acceptors (Lipinski definition) is 4. The average molecular weight is 328 g/mol. The molecule has 2 N–H and O–H groups in total. The molecule has 4 heteroatoms. The van der Waals surface area contributed by atoms with Gasteiger partial charge in [0.05, 0.1) is 12.2 Å². The standard InChI is InChI=1S/C20H24O4/c1-10-9-24-18-13(10)16(22)14-11(21)8-12-19(2,3)6-5-7-20(12,4)15(14)17(18)23/h8,10,22-23H,5-7,9H2,1-4H3. The number of ketones is 1. The van der Waals surface area contributed by atoms with Crippen molar-refractivity contribution < 1.29 is 19.7 Å². The van der Waals surface area contributed by atoms with Crippen molar-refractivity contribution in [1.82, 2.24) is 0 Å². The quantitative estimate of drug-likeness (QED) is 0.701. The molecule has 1 aromatic rings. The Hall–Kier alpha value is -1.97. The smallest absolute Gasteiger partial charge is 0.190 e. The van der Waals surface area contributed by atoms with Crippen molar-refractivity contribution in [2.24, 2.45) is 5.41 Å². The zero-order valence-electron chi connectivity index (χ0n) is 14.7. The van der Waals surface area contributed by atoms with Crippen LogP contribution in [0.25, 0.3) is 0 Å². The molecule has 0 spiro atoms. The van der Waals surface area contributed by atoms with Crippen LogP contribution in [0, 0.1) is 5.41 Å². The molecule has 1 aliphatic heterocycles. The van der Waals surface area contributed by atoms with E-state index in [1.807, 2.05) is 6.92 Å². The van der Waals surface area contributed by atoms with E-state index in [4.69, 9.17) is 4.74 Å². The van der Waals surface area contributed by atoms with Crippen molar-refractivity contribution in [2.45, 2.75) is 58.3 Å². The van der Waals surface area contributed by atoms with Crippen molar-refractivity contribution in [3.8, 4) is 17.2 Å². The number of fused-ring (bicyclic) bond motifs is 4. The zero-order chi connectivity index (χ0) is 17.4. The summed E-state index contributed by atoms with van der Waals surface area (Å²) in [5.41, 5.74) is 1.90. The summed E-state index contributed by atoms with van der Waals surface area (Å²) in [6, 6.07) is 0. The third kappa shape index (κ3) is 1.72. The van der Waals surface area contributed by atoms with Gasteiger partial charge in [0.25, 0.3) is 0 Å². The number of phenolic OH excluding ortho intramolecular Hbond substituents is 2. The lowest BCUT2D eigenvalue weighted by Gasteiger charge is -2.48. The maximum absolute atomic E-state index is 12.9. The molecule has 1 heterocycles. The first-order valence-electron chi connectivity index (χ1n) is 8.70. The summed E-state index contributed by atoms with van der Waals surface area (Å²) in [4.78, 5) is 12.9. The number of benzene rings is 1. The van der Waals surface area contributed by atoms with E-state index in [-0.39, 0.29) is 34.2 Å².